The average Bonchev–Trinajstić information content (AvgIpc) is 1.59. The molecule has 5 aromatic heterocycles. The molecule has 0 aliphatic rings. The molecule has 99 heavy (non-hydrogen) atoms. The van der Waals surface area contributed by atoms with Crippen molar-refractivity contribution in [2.45, 2.75) is 356 Å². The molecule has 0 amide bonds. The van der Waals surface area contributed by atoms with Crippen molar-refractivity contribution in [1.29, 1.82) is 5.26 Å². The SMILES string of the molecule is CCCCCCCCCCCCc1cc(/C=C(\C#N)C(=O)O)n(C)c1-c1cc(CCCCCCCCCCCC)c(-c2cc(CCCCCCCCCCCC)c(-c3cc(CCCCCCCCCCCC)c(-c4ccc5c(c4)c4cc(C)ccc4n5CCCCCC)n3C)n2C)n1C. The van der Waals surface area contributed by atoms with Crippen molar-refractivity contribution in [3.63, 3.8) is 0 Å². The second-order valence-corrected chi connectivity index (χ2v) is 30.6. The molecule has 546 valence electrons. The molecule has 0 saturated carbocycles. The molecule has 0 unspecified atom stereocenters. The van der Waals surface area contributed by atoms with Gasteiger partial charge in [0.25, 0.3) is 0 Å². The molecule has 0 bridgehead atoms. The van der Waals surface area contributed by atoms with E-state index in [1.165, 1.54) is 353 Å². The first-order valence-electron chi connectivity index (χ1n) is 41.6. The monoisotopic (exact) mass is 1350 g/mol. The number of nitriles is 1. The van der Waals surface area contributed by atoms with E-state index in [9.17, 15) is 15.2 Å². The predicted octanol–water partition coefficient (Wildman–Crippen LogP) is 27.6. The third-order valence-corrected chi connectivity index (χ3v) is 22.4. The minimum absolute atomic E-state index is 0.236. The summed E-state index contributed by atoms with van der Waals surface area (Å²) in [5, 5.41) is 23.0. The number of aromatic nitrogens is 5. The zero-order chi connectivity index (χ0) is 70.6. The summed E-state index contributed by atoms with van der Waals surface area (Å²) in [6, 6.07) is 26.5. The number of carboxylic acid groups (broad SMARTS) is 1. The number of fused-ring (bicyclic) bond motifs is 3. The summed E-state index contributed by atoms with van der Waals surface area (Å²) >= 11 is 0. The number of carboxylic acids is 1. The van der Waals surface area contributed by atoms with Gasteiger partial charge in [-0.05, 0) is 147 Å². The van der Waals surface area contributed by atoms with Crippen LogP contribution in [-0.2, 0) is 65.2 Å². The normalized spacial score (nSPS) is 12.0. The van der Waals surface area contributed by atoms with Crippen LogP contribution < -0.4 is 0 Å². The first-order valence-corrected chi connectivity index (χ1v) is 41.6. The lowest BCUT2D eigenvalue weighted by Crippen LogP contribution is -2.06. The summed E-state index contributed by atoms with van der Waals surface area (Å²) in [6.45, 7) is 14.8. The lowest BCUT2D eigenvalue weighted by Gasteiger charge is -2.16. The molecule has 8 nitrogen and oxygen atoms in total. The summed E-state index contributed by atoms with van der Waals surface area (Å²) in [7, 11) is 9.15. The smallest absolute Gasteiger partial charge is 0.346 e. The Morgan fingerprint density at radius 1 is 0.374 bits per heavy atom. The van der Waals surface area contributed by atoms with Crippen LogP contribution in [0.1, 0.15) is 351 Å². The second-order valence-electron chi connectivity index (χ2n) is 30.6. The van der Waals surface area contributed by atoms with Gasteiger partial charge in [-0.1, -0.05) is 303 Å². The van der Waals surface area contributed by atoms with Gasteiger partial charge in [0.1, 0.15) is 11.6 Å². The van der Waals surface area contributed by atoms with Crippen LogP contribution in [0.15, 0.2) is 66.2 Å². The average molecular weight is 1350 g/mol. The summed E-state index contributed by atoms with van der Waals surface area (Å²) in [5.41, 5.74) is 20.3. The molecule has 0 aliphatic heterocycles. The van der Waals surface area contributed by atoms with Crippen LogP contribution in [0.2, 0.25) is 0 Å². The van der Waals surface area contributed by atoms with Gasteiger partial charge in [0, 0.05) is 62.2 Å². The van der Waals surface area contributed by atoms with Crippen LogP contribution >= 0.6 is 0 Å². The fourth-order valence-corrected chi connectivity index (χ4v) is 16.5. The molecule has 0 spiro atoms. The van der Waals surface area contributed by atoms with E-state index >= 15 is 0 Å². The van der Waals surface area contributed by atoms with Crippen LogP contribution in [0.5, 0.6) is 0 Å². The Morgan fingerprint density at radius 3 is 1.04 bits per heavy atom. The predicted molar refractivity (Wildman–Crippen MR) is 429 cm³/mol. The van der Waals surface area contributed by atoms with E-state index < -0.39 is 5.97 Å². The van der Waals surface area contributed by atoms with Gasteiger partial charge in [0.15, 0.2) is 0 Å². The first-order chi connectivity index (χ1) is 48.4. The van der Waals surface area contributed by atoms with Crippen molar-refractivity contribution in [3.05, 3.63) is 99.7 Å². The van der Waals surface area contributed by atoms with Gasteiger partial charge in [0.2, 0.25) is 0 Å². The third kappa shape index (κ3) is 24.1. The van der Waals surface area contributed by atoms with E-state index in [1.54, 1.807) is 6.08 Å². The summed E-state index contributed by atoms with van der Waals surface area (Å²) < 4.78 is 12.5. The highest BCUT2D eigenvalue weighted by Crippen LogP contribution is 2.44. The van der Waals surface area contributed by atoms with Crippen LogP contribution in [-0.4, -0.2) is 33.9 Å². The van der Waals surface area contributed by atoms with Crippen LogP contribution in [0.25, 0.3) is 73.3 Å². The number of aliphatic carboxylic acids is 1. The van der Waals surface area contributed by atoms with Gasteiger partial charge in [-0.15, -0.1) is 0 Å². The fourth-order valence-electron chi connectivity index (χ4n) is 16.5. The molecule has 0 radical (unpaired) electrons. The topological polar surface area (TPSA) is 85.7 Å². The van der Waals surface area contributed by atoms with E-state index in [0.717, 1.165) is 62.2 Å². The molecule has 7 aromatic rings. The molecule has 0 atom stereocenters. The third-order valence-electron chi connectivity index (χ3n) is 22.4. The molecule has 0 aliphatic carbocycles. The van der Waals surface area contributed by atoms with E-state index in [1.807, 2.05) is 6.07 Å². The quantitative estimate of drug-likeness (QED) is 0.0234. The summed E-state index contributed by atoms with van der Waals surface area (Å²) in [4.78, 5) is 12.5. The largest absolute Gasteiger partial charge is 0.477 e. The molecule has 0 fully saturated rings. The molecule has 7 rings (SSSR count). The Balaban J connectivity index is 1.35. The zero-order valence-corrected chi connectivity index (χ0v) is 65.0. The minimum Gasteiger partial charge on any atom is -0.477 e. The molecule has 8 heteroatoms. The highest BCUT2D eigenvalue weighted by molar-refractivity contribution is 6.09. The second kappa shape index (κ2) is 45.1. The van der Waals surface area contributed by atoms with Gasteiger partial charge < -0.3 is 27.9 Å². The molecule has 5 heterocycles. The summed E-state index contributed by atoms with van der Waals surface area (Å²) in [5.74, 6) is -1.19. The number of aryl methyl sites for hydroxylation is 6. The number of carbonyl (C=O) groups is 1. The number of hydrogen-bond donors (Lipinski definition) is 1. The van der Waals surface area contributed by atoms with Gasteiger partial charge in [-0.2, -0.15) is 5.26 Å². The van der Waals surface area contributed by atoms with Crippen LogP contribution in [0.4, 0.5) is 0 Å². The molecule has 1 N–H and O–H groups in total. The highest BCUT2D eigenvalue weighted by Gasteiger charge is 2.28. The fraction of sp³-hybridized carbons (Fsp3) is 0.648. The van der Waals surface area contributed by atoms with E-state index in [2.05, 4.69) is 153 Å². The van der Waals surface area contributed by atoms with E-state index in [0.29, 0.717) is 0 Å². The first kappa shape index (κ1) is 80.4. The van der Waals surface area contributed by atoms with Gasteiger partial charge in [-0.25, -0.2) is 4.79 Å². The van der Waals surface area contributed by atoms with E-state index in [-0.39, 0.29) is 5.57 Å². The van der Waals surface area contributed by atoms with E-state index in [4.69, 9.17) is 0 Å². The van der Waals surface area contributed by atoms with Crippen molar-refractivity contribution in [2.24, 2.45) is 28.2 Å². The maximum Gasteiger partial charge on any atom is 0.346 e. The number of unbranched alkanes of at least 4 members (excludes halogenated alkanes) is 39. The maximum absolute atomic E-state index is 12.5. The number of rotatable bonds is 55. The Bertz CT molecular complexity index is 3540. The number of hydrogen-bond acceptors (Lipinski definition) is 2. The van der Waals surface area contributed by atoms with Crippen molar-refractivity contribution < 1.29 is 9.90 Å². The molecular weight excluding hydrogens is 1210 g/mol. The number of benzene rings is 2. The Kier molecular flexibility index (Phi) is 36.6. The van der Waals surface area contributed by atoms with Crippen molar-refractivity contribution in [3.8, 4) is 51.5 Å². The van der Waals surface area contributed by atoms with Crippen molar-refractivity contribution in [2.75, 3.05) is 0 Å². The molecule has 0 saturated heterocycles. The highest BCUT2D eigenvalue weighted by atomic mass is 16.4. The number of nitrogens with zero attached hydrogens (tertiary/aromatic N) is 6. The minimum atomic E-state index is -1.19. The Hall–Kier alpha value is -5.94. The summed E-state index contributed by atoms with van der Waals surface area (Å²) in [6.07, 6.45) is 62.7. The lowest BCUT2D eigenvalue weighted by atomic mass is 9.99. The van der Waals surface area contributed by atoms with Gasteiger partial charge >= 0.3 is 5.97 Å². The van der Waals surface area contributed by atoms with Crippen molar-refractivity contribution in [1.82, 2.24) is 22.8 Å². The lowest BCUT2D eigenvalue weighted by molar-refractivity contribution is -0.132. The Morgan fingerprint density at radius 2 is 0.677 bits per heavy atom. The molecule has 2 aromatic carbocycles. The molecular formula is C91H140N6O2. The van der Waals surface area contributed by atoms with Gasteiger partial charge in [-0.3, -0.25) is 0 Å². The zero-order valence-electron chi connectivity index (χ0n) is 65.0. The van der Waals surface area contributed by atoms with Gasteiger partial charge in [0.05, 0.1) is 39.9 Å². The maximum atomic E-state index is 12.5. The van der Waals surface area contributed by atoms with Crippen molar-refractivity contribution >= 4 is 33.9 Å². The Labute approximate surface area is 604 Å². The standard InChI is InChI=1S/C91H140N6O2/c1-11-16-21-26-30-34-38-42-46-50-55-73-65-79(66-78(71-92)91(98)99)93(7)88(73)84-69-75(57-52-48-44-40-36-32-28-23-18-13-3)90(95(84)9)86-70-76(58-53-49-45-41-37-33-29-24-19-14-4)89(96(86)10)85-68-74(56-51-47-43-39-35-31-27-22-17-12-2)87(94(85)8)77-60-62-83-81(67-77)80-64-72(6)59-61-82(80)97(83)63-54-25-20-15-5/h59-62,64-70H,11-58,63H2,1-10H3,(H,98,99)/b78-66+. The van der Waals surface area contributed by atoms with Crippen LogP contribution in [0, 0.1) is 18.3 Å². The van der Waals surface area contributed by atoms with Crippen LogP contribution in [0.3, 0.4) is 0 Å².